The van der Waals surface area contributed by atoms with E-state index in [2.05, 4.69) is 40.2 Å². The Bertz CT molecular complexity index is 384. The minimum absolute atomic E-state index is 0.755. The highest BCUT2D eigenvalue weighted by Gasteiger charge is 2.20. The van der Waals surface area contributed by atoms with Gasteiger partial charge in [-0.2, -0.15) is 11.8 Å². The molecule has 2 aliphatic rings. The molecule has 2 heterocycles. The Labute approximate surface area is 113 Å². The Kier molecular flexibility index (Phi) is 4.06. The summed E-state index contributed by atoms with van der Waals surface area (Å²) >= 11 is 2.06. The Morgan fingerprint density at radius 2 is 2.22 bits per heavy atom. The molecule has 1 aliphatic heterocycles. The third-order valence-corrected chi connectivity index (χ3v) is 4.54. The molecule has 98 valence electrons. The molecule has 0 radical (unpaired) electrons. The third kappa shape index (κ3) is 3.39. The molecule has 3 nitrogen and oxygen atoms in total. The van der Waals surface area contributed by atoms with Gasteiger partial charge in [0.15, 0.2) is 0 Å². The van der Waals surface area contributed by atoms with Crippen molar-refractivity contribution in [2.24, 2.45) is 0 Å². The molecule has 0 bridgehead atoms. The second-order valence-corrected chi connectivity index (χ2v) is 6.32. The lowest BCUT2D eigenvalue weighted by Gasteiger charge is -2.21. The number of anilines is 1. The minimum Gasteiger partial charge on any atom is -0.356 e. The van der Waals surface area contributed by atoms with Crippen molar-refractivity contribution >= 4 is 17.6 Å². The van der Waals surface area contributed by atoms with Gasteiger partial charge in [0.25, 0.3) is 0 Å². The van der Waals surface area contributed by atoms with E-state index in [1.54, 1.807) is 0 Å². The number of aromatic nitrogens is 1. The van der Waals surface area contributed by atoms with Crippen LogP contribution < -0.4 is 10.2 Å². The fourth-order valence-corrected chi connectivity index (χ4v) is 3.14. The van der Waals surface area contributed by atoms with E-state index >= 15 is 0 Å². The number of nitrogens with zero attached hydrogens (tertiary/aromatic N) is 2. The molecule has 1 saturated heterocycles. The largest absolute Gasteiger partial charge is 0.356 e. The SMILES string of the molecule is c1cc(CNC2CC2)nc(N2CCCSCC2)c1. The molecular formula is C14H21N3S. The molecule has 1 saturated carbocycles. The summed E-state index contributed by atoms with van der Waals surface area (Å²) in [6.07, 6.45) is 3.95. The number of thioether (sulfide) groups is 1. The highest BCUT2D eigenvalue weighted by atomic mass is 32.2. The number of pyridine rings is 1. The summed E-state index contributed by atoms with van der Waals surface area (Å²) in [7, 11) is 0. The van der Waals surface area contributed by atoms with Gasteiger partial charge in [0, 0.05) is 31.4 Å². The molecule has 1 N–H and O–H groups in total. The van der Waals surface area contributed by atoms with Crippen molar-refractivity contribution in [2.75, 3.05) is 29.5 Å². The standard InChI is InChI=1S/C14H21N3S/c1-3-13(11-15-12-5-6-12)16-14(4-1)17-7-2-9-18-10-8-17/h1,3-4,12,15H,2,5-11H2. The topological polar surface area (TPSA) is 28.2 Å². The van der Waals surface area contributed by atoms with Crippen molar-refractivity contribution in [1.82, 2.24) is 10.3 Å². The van der Waals surface area contributed by atoms with Crippen molar-refractivity contribution < 1.29 is 0 Å². The maximum atomic E-state index is 4.79. The van der Waals surface area contributed by atoms with Gasteiger partial charge in [0.05, 0.1) is 5.69 Å². The number of hydrogen-bond donors (Lipinski definition) is 1. The van der Waals surface area contributed by atoms with Crippen molar-refractivity contribution in [2.45, 2.75) is 31.8 Å². The Hall–Kier alpha value is -0.740. The van der Waals surface area contributed by atoms with Gasteiger partial charge in [-0.25, -0.2) is 4.98 Å². The monoisotopic (exact) mass is 263 g/mol. The van der Waals surface area contributed by atoms with Crippen molar-refractivity contribution in [3.8, 4) is 0 Å². The van der Waals surface area contributed by atoms with Crippen LogP contribution in [0.2, 0.25) is 0 Å². The predicted molar refractivity (Wildman–Crippen MR) is 78.3 cm³/mol. The highest BCUT2D eigenvalue weighted by molar-refractivity contribution is 7.99. The van der Waals surface area contributed by atoms with Crippen LogP contribution in [0.15, 0.2) is 18.2 Å². The molecule has 1 aliphatic carbocycles. The van der Waals surface area contributed by atoms with E-state index in [4.69, 9.17) is 4.98 Å². The lowest BCUT2D eigenvalue weighted by atomic mass is 10.3. The lowest BCUT2D eigenvalue weighted by Crippen LogP contribution is -2.27. The number of nitrogens with one attached hydrogen (secondary N) is 1. The van der Waals surface area contributed by atoms with Crippen molar-refractivity contribution in [1.29, 1.82) is 0 Å². The van der Waals surface area contributed by atoms with Crippen LogP contribution in [0.5, 0.6) is 0 Å². The third-order valence-electron chi connectivity index (χ3n) is 3.49. The second-order valence-electron chi connectivity index (χ2n) is 5.10. The second kappa shape index (κ2) is 5.93. The van der Waals surface area contributed by atoms with E-state index in [-0.39, 0.29) is 0 Å². The van der Waals surface area contributed by atoms with Crippen LogP contribution in [0.4, 0.5) is 5.82 Å². The van der Waals surface area contributed by atoms with E-state index < -0.39 is 0 Å². The first-order valence-electron chi connectivity index (χ1n) is 6.94. The minimum atomic E-state index is 0.755. The Morgan fingerprint density at radius 3 is 3.11 bits per heavy atom. The molecule has 0 spiro atoms. The smallest absolute Gasteiger partial charge is 0.128 e. The van der Waals surface area contributed by atoms with E-state index in [0.717, 1.165) is 31.5 Å². The molecule has 2 fully saturated rings. The molecule has 18 heavy (non-hydrogen) atoms. The molecule has 3 rings (SSSR count). The maximum absolute atomic E-state index is 4.79. The first-order chi connectivity index (χ1) is 8.92. The summed E-state index contributed by atoms with van der Waals surface area (Å²) in [5.41, 5.74) is 1.18. The predicted octanol–water partition coefficient (Wildman–Crippen LogP) is 2.28. The molecule has 1 aromatic rings. The zero-order valence-corrected chi connectivity index (χ0v) is 11.6. The van der Waals surface area contributed by atoms with E-state index in [0.29, 0.717) is 0 Å². The first kappa shape index (κ1) is 12.3. The Balaban J connectivity index is 1.64. The van der Waals surface area contributed by atoms with Crippen LogP contribution in [-0.4, -0.2) is 35.6 Å². The first-order valence-corrected chi connectivity index (χ1v) is 8.09. The maximum Gasteiger partial charge on any atom is 0.128 e. The van der Waals surface area contributed by atoms with Gasteiger partial charge in [-0.05, 0) is 37.1 Å². The average Bonchev–Trinajstić information content (AvgIpc) is 3.24. The van der Waals surface area contributed by atoms with E-state index in [9.17, 15) is 0 Å². The van der Waals surface area contributed by atoms with Gasteiger partial charge in [0.1, 0.15) is 5.82 Å². The molecular weight excluding hydrogens is 242 g/mol. The van der Waals surface area contributed by atoms with Crippen molar-refractivity contribution in [3.63, 3.8) is 0 Å². The molecule has 0 amide bonds. The molecule has 0 unspecified atom stereocenters. The van der Waals surface area contributed by atoms with Crippen LogP contribution in [0.3, 0.4) is 0 Å². The van der Waals surface area contributed by atoms with Crippen LogP contribution >= 0.6 is 11.8 Å². The van der Waals surface area contributed by atoms with Gasteiger partial charge in [0.2, 0.25) is 0 Å². The normalized spacial score (nSPS) is 20.8. The number of hydrogen-bond acceptors (Lipinski definition) is 4. The highest BCUT2D eigenvalue weighted by Crippen LogP contribution is 2.20. The van der Waals surface area contributed by atoms with Gasteiger partial charge >= 0.3 is 0 Å². The molecule has 4 heteroatoms. The zero-order chi connectivity index (χ0) is 12.2. The fraction of sp³-hybridized carbons (Fsp3) is 0.643. The summed E-state index contributed by atoms with van der Waals surface area (Å²) in [6, 6.07) is 7.18. The number of rotatable bonds is 4. The average molecular weight is 263 g/mol. The molecule has 0 aromatic carbocycles. The van der Waals surface area contributed by atoms with Crippen LogP contribution in [0.1, 0.15) is 25.0 Å². The summed E-state index contributed by atoms with van der Waals surface area (Å²) in [5, 5.41) is 3.53. The quantitative estimate of drug-likeness (QED) is 0.902. The van der Waals surface area contributed by atoms with Gasteiger partial charge in [-0.1, -0.05) is 6.07 Å². The van der Waals surface area contributed by atoms with Crippen molar-refractivity contribution in [3.05, 3.63) is 23.9 Å². The molecule has 0 atom stereocenters. The van der Waals surface area contributed by atoms with Gasteiger partial charge < -0.3 is 10.2 Å². The van der Waals surface area contributed by atoms with Crippen LogP contribution in [0, 0.1) is 0 Å². The summed E-state index contributed by atoms with van der Waals surface area (Å²) in [6.45, 7) is 3.21. The van der Waals surface area contributed by atoms with Gasteiger partial charge in [-0.15, -0.1) is 0 Å². The van der Waals surface area contributed by atoms with Gasteiger partial charge in [-0.3, -0.25) is 0 Å². The summed E-state index contributed by atoms with van der Waals surface area (Å²) < 4.78 is 0. The fourth-order valence-electron chi connectivity index (χ4n) is 2.25. The lowest BCUT2D eigenvalue weighted by molar-refractivity contribution is 0.672. The Morgan fingerprint density at radius 1 is 1.28 bits per heavy atom. The molecule has 1 aromatic heterocycles. The van der Waals surface area contributed by atoms with Crippen LogP contribution in [-0.2, 0) is 6.54 Å². The zero-order valence-electron chi connectivity index (χ0n) is 10.8. The van der Waals surface area contributed by atoms with E-state index in [1.165, 1.54) is 36.5 Å². The van der Waals surface area contributed by atoms with Crippen LogP contribution in [0.25, 0.3) is 0 Å². The van der Waals surface area contributed by atoms with E-state index in [1.807, 2.05) is 0 Å². The summed E-state index contributed by atoms with van der Waals surface area (Å²) in [4.78, 5) is 7.22. The summed E-state index contributed by atoms with van der Waals surface area (Å²) in [5.74, 6) is 3.68.